The number of rotatable bonds is 5. The predicted octanol–water partition coefficient (Wildman–Crippen LogP) is 5.05. The molecule has 0 aromatic heterocycles. The van der Waals surface area contributed by atoms with Crippen LogP contribution in [0.15, 0.2) is 28.7 Å². The number of hydrogen-bond acceptors (Lipinski definition) is 3. The number of anilines is 1. The highest BCUT2D eigenvalue weighted by Crippen LogP contribution is 2.31. The van der Waals surface area contributed by atoms with Crippen LogP contribution >= 0.6 is 27.5 Å². The molecule has 0 spiro atoms. The number of aryl methyl sites for hydroxylation is 3. The third-order valence-corrected chi connectivity index (χ3v) is 5.19. The van der Waals surface area contributed by atoms with E-state index in [0.717, 1.165) is 21.2 Å². The van der Waals surface area contributed by atoms with Crippen molar-refractivity contribution in [1.82, 2.24) is 0 Å². The van der Waals surface area contributed by atoms with Gasteiger partial charge in [-0.3, -0.25) is 4.79 Å². The molecule has 0 aliphatic carbocycles. The van der Waals surface area contributed by atoms with E-state index < -0.39 is 0 Å². The van der Waals surface area contributed by atoms with Crippen molar-refractivity contribution >= 4 is 39.1 Å². The van der Waals surface area contributed by atoms with Crippen molar-refractivity contribution in [3.63, 3.8) is 0 Å². The highest BCUT2D eigenvalue weighted by Gasteiger charge is 2.11. The Hall–Kier alpha value is -1.72. The number of carbonyl (C=O) groups is 1. The number of carbonyl (C=O) groups excluding carboxylic acids is 1. The summed E-state index contributed by atoms with van der Waals surface area (Å²) in [6, 6.07) is 7.22. The Balaban J connectivity index is 2.05. The number of halogens is 2. The van der Waals surface area contributed by atoms with Crippen molar-refractivity contribution in [3.8, 4) is 11.5 Å². The second-order valence-corrected chi connectivity index (χ2v) is 6.71. The highest BCUT2D eigenvalue weighted by molar-refractivity contribution is 9.10. The van der Waals surface area contributed by atoms with Crippen LogP contribution in [0.3, 0.4) is 0 Å². The summed E-state index contributed by atoms with van der Waals surface area (Å²) >= 11 is 9.57. The van der Waals surface area contributed by atoms with Crippen molar-refractivity contribution in [2.45, 2.75) is 20.8 Å². The first-order valence-corrected chi connectivity index (χ1v) is 8.52. The predicted molar refractivity (Wildman–Crippen MR) is 100 cm³/mol. The minimum absolute atomic E-state index is 0.0919. The smallest absolute Gasteiger partial charge is 0.262 e. The highest BCUT2D eigenvalue weighted by atomic mass is 79.9. The number of hydrogen-bond donors (Lipinski definition) is 1. The maximum Gasteiger partial charge on any atom is 0.262 e. The van der Waals surface area contributed by atoms with E-state index in [1.54, 1.807) is 12.1 Å². The van der Waals surface area contributed by atoms with E-state index in [0.29, 0.717) is 22.2 Å². The molecule has 128 valence electrons. The van der Waals surface area contributed by atoms with Crippen LogP contribution < -0.4 is 14.8 Å². The minimum atomic E-state index is -0.270. The molecule has 2 rings (SSSR count). The Labute approximate surface area is 155 Å². The Morgan fingerprint density at radius 3 is 2.33 bits per heavy atom. The SMILES string of the molecule is COc1cc(Cl)c(C)cc1NC(=O)COc1cc(C)c(Br)c(C)c1. The van der Waals surface area contributed by atoms with Gasteiger partial charge < -0.3 is 14.8 Å². The van der Waals surface area contributed by atoms with Gasteiger partial charge in [-0.05, 0) is 55.7 Å². The van der Waals surface area contributed by atoms with Gasteiger partial charge in [-0.15, -0.1) is 0 Å². The van der Waals surface area contributed by atoms with E-state index in [1.807, 2.05) is 32.9 Å². The van der Waals surface area contributed by atoms with Gasteiger partial charge >= 0.3 is 0 Å². The number of nitrogens with one attached hydrogen (secondary N) is 1. The first-order valence-electron chi connectivity index (χ1n) is 7.35. The maximum absolute atomic E-state index is 12.2. The van der Waals surface area contributed by atoms with E-state index in [4.69, 9.17) is 21.1 Å². The molecule has 0 aliphatic heterocycles. The van der Waals surface area contributed by atoms with E-state index in [-0.39, 0.29) is 12.5 Å². The van der Waals surface area contributed by atoms with E-state index in [9.17, 15) is 4.79 Å². The molecule has 0 atom stereocenters. The Kier molecular flexibility index (Phi) is 6.13. The summed E-state index contributed by atoms with van der Waals surface area (Å²) in [6.45, 7) is 5.73. The molecular weight excluding hydrogens is 394 g/mol. The van der Waals surface area contributed by atoms with Crippen LogP contribution in [0.1, 0.15) is 16.7 Å². The number of benzene rings is 2. The number of amides is 1. The van der Waals surface area contributed by atoms with Gasteiger partial charge in [0.2, 0.25) is 0 Å². The molecule has 0 saturated carbocycles. The molecule has 0 radical (unpaired) electrons. The molecule has 4 nitrogen and oxygen atoms in total. The first-order chi connectivity index (χ1) is 11.3. The van der Waals surface area contributed by atoms with Crippen LogP contribution in [0.5, 0.6) is 11.5 Å². The fraction of sp³-hybridized carbons (Fsp3) is 0.278. The number of ether oxygens (including phenoxy) is 2. The molecule has 0 aliphatic rings. The summed E-state index contributed by atoms with van der Waals surface area (Å²) in [6.07, 6.45) is 0. The lowest BCUT2D eigenvalue weighted by Crippen LogP contribution is -2.20. The van der Waals surface area contributed by atoms with Crippen molar-refractivity contribution in [1.29, 1.82) is 0 Å². The molecule has 2 aromatic rings. The Bertz CT molecular complexity index is 754. The van der Waals surface area contributed by atoms with Gasteiger partial charge in [-0.2, -0.15) is 0 Å². The van der Waals surface area contributed by atoms with Crippen molar-refractivity contribution in [2.24, 2.45) is 0 Å². The number of methoxy groups -OCH3 is 1. The summed E-state index contributed by atoms with van der Waals surface area (Å²) in [5.74, 6) is 0.894. The van der Waals surface area contributed by atoms with Crippen LogP contribution in [-0.2, 0) is 4.79 Å². The van der Waals surface area contributed by atoms with E-state index in [1.165, 1.54) is 7.11 Å². The third-order valence-electron chi connectivity index (χ3n) is 3.53. The summed E-state index contributed by atoms with van der Waals surface area (Å²) in [4.78, 5) is 12.2. The van der Waals surface area contributed by atoms with Gasteiger partial charge in [0.05, 0.1) is 12.8 Å². The summed E-state index contributed by atoms with van der Waals surface area (Å²) in [5.41, 5.74) is 3.53. The molecule has 6 heteroatoms. The molecule has 0 bridgehead atoms. The standard InChI is InChI=1S/C18H19BrClNO3/c1-10-7-15(16(23-4)8-14(10)20)21-17(22)9-24-13-5-11(2)18(19)12(3)6-13/h5-8H,9H2,1-4H3,(H,21,22). The average molecular weight is 413 g/mol. The molecular formula is C18H19BrClNO3. The molecule has 0 heterocycles. The van der Waals surface area contributed by atoms with E-state index in [2.05, 4.69) is 21.2 Å². The molecule has 1 amide bonds. The second-order valence-electron chi connectivity index (χ2n) is 5.51. The van der Waals surface area contributed by atoms with Crippen LogP contribution in [-0.4, -0.2) is 19.6 Å². The fourth-order valence-electron chi connectivity index (χ4n) is 2.25. The second kappa shape index (κ2) is 7.90. The van der Waals surface area contributed by atoms with Gasteiger partial charge in [-0.25, -0.2) is 0 Å². The molecule has 0 saturated heterocycles. The summed E-state index contributed by atoms with van der Waals surface area (Å²) in [5, 5.41) is 3.37. The molecule has 24 heavy (non-hydrogen) atoms. The van der Waals surface area contributed by atoms with E-state index >= 15 is 0 Å². The lowest BCUT2D eigenvalue weighted by Gasteiger charge is -2.13. The Morgan fingerprint density at radius 2 is 1.75 bits per heavy atom. The average Bonchev–Trinajstić information content (AvgIpc) is 2.53. The van der Waals surface area contributed by atoms with Gasteiger partial charge in [-0.1, -0.05) is 27.5 Å². The van der Waals surface area contributed by atoms with Crippen LogP contribution in [0.2, 0.25) is 5.02 Å². The third kappa shape index (κ3) is 4.42. The van der Waals surface area contributed by atoms with Crippen LogP contribution in [0.25, 0.3) is 0 Å². The molecule has 1 N–H and O–H groups in total. The van der Waals surface area contributed by atoms with Crippen LogP contribution in [0.4, 0.5) is 5.69 Å². The van der Waals surface area contributed by atoms with Gasteiger partial charge in [0.15, 0.2) is 6.61 Å². The Morgan fingerprint density at radius 1 is 1.12 bits per heavy atom. The quantitative estimate of drug-likeness (QED) is 0.747. The normalized spacial score (nSPS) is 10.4. The minimum Gasteiger partial charge on any atom is -0.495 e. The lowest BCUT2D eigenvalue weighted by atomic mass is 10.1. The summed E-state index contributed by atoms with van der Waals surface area (Å²) < 4.78 is 11.9. The monoisotopic (exact) mass is 411 g/mol. The molecule has 0 fully saturated rings. The van der Waals surface area contributed by atoms with Gasteiger partial charge in [0.25, 0.3) is 5.91 Å². The van der Waals surface area contributed by atoms with Crippen molar-refractivity contribution in [2.75, 3.05) is 19.0 Å². The zero-order valence-corrected chi connectivity index (χ0v) is 16.3. The van der Waals surface area contributed by atoms with Gasteiger partial charge in [0, 0.05) is 15.6 Å². The first kappa shape index (κ1) is 18.6. The molecule has 0 unspecified atom stereocenters. The van der Waals surface area contributed by atoms with Crippen LogP contribution in [0, 0.1) is 20.8 Å². The lowest BCUT2D eigenvalue weighted by molar-refractivity contribution is -0.118. The largest absolute Gasteiger partial charge is 0.495 e. The fourth-order valence-corrected chi connectivity index (χ4v) is 2.64. The zero-order chi connectivity index (χ0) is 17.9. The van der Waals surface area contributed by atoms with Crippen molar-refractivity contribution in [3.05, 3.63) is 50.5 Å². The summed E-state index contributed by atoms with van der Waals surface area (Å²) in [7, 11) is 1.53. The zero-order valence-electron chi connectivity index (χ0n) is 14.0. The topological polar surface area (TPSA) is 47.6 Å². The maximum atomic E-state index is 12.2. The van der Waals surface area contributed by atoms with Gasteiger partial charge in [0.1, 0.15) is 11.5 Å². The van der Waals surface area contributed by atoms with Crippen molar-refractivity contribution < 1.29 is 14.3 Å². The molecule has 2 aromatic carbocycles.